The van der Waals surface area contributed by atoms with E-state index in [0.29, 0.717) is 22.6 Å². The van der Waals surface area contributed by atoms with Gasteiger partial charge in [0.15, 0.2) is 5.82 Å². The van der Waals surface area contributed by atoms with Gasteiger partial charge in [0.05, 0.1) is 18.7 Å². The summed E-state index contributed by atoms with van der Waals surface area (Å²) in [7, 11) is 1.52. The molecule has 3 aromatic rings. The molecule has 8 nitrogen and oxygen atoms in total. The molecular weight excluding hydrogens is 388 g/mol. The van der Waals surface area contributed by atoms with Crippen LogP contribution in [0.2, 0.25) is 0 Å². The van der Waals surface area contributed by atoms with E-state index in [1.54, 1.807) is 43.3 Å². The van der Waals surface area contributed by atoms with E-state index >= 15 is 0 Å². The number of ether oxygens (including phenoxy) is 1. The van der Waals surface area contributed by atoms with Crippen molar-refractivity contribution in [2.24, 2.45) is 0 Å². The third-order valence-corrected chi connectivity index (χ3v) is 4.86. The van der Waals surface area contributed by atoms with Crippen LogP contribution in [0.5, 0.6) is 11.5 Å². The average Bonchev–Trinajstić information content (AvgIpc) is 3.28. The molecule has 0 aliphatic carbocycles. The first-order valence-electron chi connectivity index (χ1n) is 9.08. The summed E-state index contributed by atoms with van der Waals surface area (Å²) >= 11 is 0. The molecule has 30 heavy (non-hydrogen) atoms. The first kappa shape index (κ1) is 19.3. The summed E-state index contributed by atoms with van der Waals surface area (Å²) in [6.07, 6.45) is 0. The van der Waals surface area contributed by atoms with Gasteiger partial charge in [-0.05, 0) is 48.9 Å². The molecule has 1 aliphatic rings. The molecule has 1 amide bonds. The predicted octanol–water partition coefficient (Wildman–Crippen LogP) is 3.32. The van der Waals surface area contributed by atoms with Crippen LogP contribution < -0.4 is 9.64 Å². The normalized spacial score (nSPS) is 18.1. The molecule has 2 N–H and O–H groups in total. The van der Waals surface area contributed by atoms with Crippen LogP contribution in [0.15, 0.2) is 64.7 Å². The fraction of sp³-hybridized carbons (Fsp3) is 0.136. The molecule has 1 fully saturated rings. The van der Waals surface area contributed by atoms with Gasteiger partial charge in [-0.25, -0.2) is 0 Å². The Kier molecular flexibility index (Phi) is 4.75. The van der Waals surface area contributed by atoms with Crippen LogP contribution in [0.25, 0.3) is 5.76 Å². The van der Waals surface area contributed by atoms with Gasteiger partial charge in [-0.3, -0.25) is 14.5 Å². The van der Waals surface area contributed by atoms with Gasteiger partial charge < -0.3 is 19.5 Å². The Morgan fingerprint density at radius 1 is 1.13 bits per heavy atom. The molecule has 0 saturated carbocycles. The molecule has 4 rings (SSSR count). The van der Waals surface area contributed by atoms with Crippen molar-refractivity contribution in [1.29, 1.82) is 0 Å². The maximum Gasteiger partial charge on any atom is 0.301 e. The first-order chi connectivity index (χ1) is 14.4. The number of anilines is 1. The lowest BCUT2D eigenvalue weighted by Crippen LogP contribution is -2.29. The highest BCUT2D eigenvalue weighted by molar-refractivity contribution is 6.51. The minimum Gasteiger partial charge on any atom is -0.508 e. The van der Waals surface area contributed by atoms with Gasteiger partial charge in [0, 0.05) is 11.6 Å². The third kappa shape index (κ3) is 3.18. The van der Waals surface area contributed by atoms with Crippen molar-refractivity contribution in [3.63, 3.8) is 0 Å². The van der Waals surface area contributed by atoms with Crippen LogP contribution in [0.4, 0.5) is 5.82 Å². The fourth-order valence-electron chi connectivity index (χ4n) is 3.45. The standard InChI is InChI=1S/C22H18N2O6/c1-12-10-17(23-30-12)24-19(14-4-3-5-15(25)11-14)18(21(27)22(24)28)20(26)13-6-8-16(29-2)9-7-13/h3-11,19,25-26H,1-2H3/b20-18+/t19-/m1/s1. The number of ketones is 1. The van der Waals surface area contributed by atoms with E-state index in [0.717, 1.165) is 4.90 Å². The number of hydrogen-bond donors (Lipinski definition) is 2. The molecule has 1 aliphatic heterocycles. The van der Waals surface area contributed by atoms with E-state index in [2.05, 4.69) is 5.16 Å². The maximum atomic E-state index is 12.9. The molecule has 8 heteroatoms. The van der Waals surface area contributed by atoms with Gasteiger partial charge in [-0.15, -0.1) is 0 Å². The van der Waals surface area contributed by atoms with Gasteiger partial charge in [-0.1, -0.05) is 17.3 Å². The summed E-state index contributed by atoms with van der Waals surface area (Å²) < 4.78 is 10.2. The molecule has 152 valence electrons. The van der Waals surface area contributed by atoms with E-state index in [1.807, 2.05) is 0 Å². The highest BCUT2D eigenvalue weighted by atomic mass is 16.5. The third-order valence-electron chi connectivity index (χ3n) is 4.86. The molecule has 0 bridgehead atoms. The number of Topliss-reactive ketones (excluding diaryl/α,β-unsaturated/α-hetero) is 1. The van der Waals surface area contributed by atoms with Crippen LogP contribution in [0, 0.1) is 6.92 Å². The lowest BCUT2D eigenvalue weighted by Gasteiger charge is -2.23. The Hall–Kier alpha value is -4.07. The minimum atomic E-state index is -0.997. The van der Waals surface area contributed by atoms with Crippen molar-refractivity contribution in [2.75, 3.05) is 12.0 Å². The van der Waals surface area contributed by atoms with Gasteiger partial charge in [0.1, 0.15) is 23.0 Å². The smallest absolute Gasteiger partial charge is 0.301 e. The topological polar surface area (TPSA) is 113 Å². The number of aliphatic hydroxyl groups is 1. The molecule has 1 atom stereocenters. The number of benzene rings is 2. The van der Waals surface area contributed by atoms with Crippen molar-refractivity contribution in [3.8, 4) is 11.5 Å². The van der Waals surface area contributed by atoms with Crippen molar-refractivity contribution in [1.82, 2.24) is 5.16 Å². The van der Waals surface area contributed by atoms with Crippen molar-refractivity contribution >= 4 is 23.3 Å². The predicted molar refractivity (Wildman–Crippen MR) is 107 cm³/mol. The van der Waals surface area contributed by atoms with Crippen molar-refractivity contribution < 1.29 is 29.1 Å². The molecule has 0 spiro atoms. The number of amides is 1. The summed E-state index contributed by atoms with van der Waals surface area (Å²) in [6.45, 7) is 1.66. The van der Waals surface area contributed by atoms with Crippen LogP contribution in [0.3, 0.4) is 0 Å². The molecule has 1 aromatic heterocycles. The van der Waals surface area contributed by atoms with Gasteiger partial charge in [-0.2, -0.15) is 0 Å². The van der Waals surface area contributed by atoms with Crippen LogP contribution in [0.1, 0.15) is 22.9 Å². The SMILES string of the molecule is COc1ccc(/C(O)=C2\C(=O)C(=O)N(c3cc(C)on3)[C@@H]2c2cccc(O)c2)cc1. The van der Waals surface area contributed by atoms with Gasteiger partial charge in [0.2, 0.25) is 0 Å². The number of aryl methyl sites for hydroxylation is 1. The second-order valence-corrected chi connectivity index (χ2v) is 6.79. The Labute approximate surface area is 171 Å². The molecule has 1 saturated heterocycles. The fourth-order valence-corrected chi connectivity index (χ4v) is 3.45. The van der Waals surface area contributed by atoms with E-state index in [4.69, 9.17) is 9.26 Å². The monoisotopic (exact) mass is 406 g/mol. The number of methoxy groups -OCH3 is 1. The van der Waals surface area contributed by atoms with E-state index < -0.39 is 17.7 Å². The zero-order chi connectivity index (χ0) is 21.4. The Morgan fingerprint density at radius 2 is 1.87 bits per heavy atom. The van der Waals surface area contributed by atoms with E-state index in [9.17, 15) is 19.8 Å². The zero-order valence-electron chi connectivity index (χ0n) is 16.2. The lowest BCUT2D eigenvalue weighted by molar-refractivity contribution is -0.132. The summed E-state index contributed by atoms with van der Waals surface area (Å²) in [5.41, 5.74) is 0.664. The molecule has 2 aromatic carbocycles. The zero-order valence-corrected chi connectivity index (χ0v) is 16.2. The molecule has 0 unspecified atom stereocenters. The number of carbonyl (C=O) groups is 2. The number of nitrogens with zero attached hydrogens (tertiary/aromatic N) is 2. The van der Waals surface area contributed by atoms with E-state index in [-0.39, 0.29) is 22.9 Å². The lowest BCUT2D eigenvalue weighted by atomic mass is 9.95. The second-order valence-electron chi connectivity index (χ2n) is 6.79. The maximum absolute atomic E-state index is 12.9. The quantitative estimate of drug-likeness (QED) is 0.388. The van der Waals surface area contributed by atoms with E-state index in [1.165, 1.54) is 25.3 Å². The minimum absolute atomic E-state index is 0.0427. The Morgan fingerprint density at radius 3 is 2.47 bits per heavy atom. The number of hydrogen-bond acceptors (Lipinski definition) is 7. The Balaban J connectivity index is 1.92. The number of phenols is 1. The highest BCUT2D eigenvalue weighted by Gasteiger charge is 2.48. The Bertz CT molecular complexity index is 1160. The van der Waals surface area contributed by atoms with Crippen LogP contribution in [-0.2, 0) is 9.59 Å². The molecule has 0 radical (unpaired) electrons. The number of aromatic hydroxyl groups is 1. The van der Waals surface area contributed by atoms with Gasteiger partial charge in [0.25, 0.3) is 5.78 Å². The highest BCUT2D eigenvalue weighted by Crippen LogP contribution is 2.42. The number of rotatable bonds is 4. The van der Waals surface area contributed by atoms with Crippen molar-refractivity contribution in [2.45, 2.75) is 13.0 Å². The van der Waals surface area contributed by atoms with Crippen LogP contribution in [-0.4, -0.2) is 34.2 Å². The van der Waals surface area contributed by atoms with Crippen LogP contribution >= 0.6 is 0 Å². The van der Waals surface area contributed by atoms with Gasteiger partial charge >= 0.3 is 5.91 Å². The summed E-state index contributed by atoms with van der Waals surface area (Å²) in [5.74, 6) is -0.932. The molecular formula is C22H18N2O6. The summed E-state index contributed by atoms with van der Waals surface area (Å²) in [4.78, 5) is 27.0. The molecule has 2 heterocycles. The number of aromatic nitrogens is 1. The van der Waals surface area contributed by atoms with Crippen molar-refractivity contribution in [3.05, 3.63) is 77.1 Å². The number of phenolic OH excluding ortho intramolecular Hbond substituents is 1. The average molecular weight is 406 g/mol. The first-order valence-corrected chi connectivity index (χ1v) is 9.08. The summed E-state index contributed by atoms with van der Waals surface area (Å²) in [6, 6.07) is 13.1. The number of carbonyl (C=O) groups excluding carboxylic acids is 2. The number of aliphatic hydroxyl groups excluding tert-OH is 1. The second kappa shape index (κ2) is 7.40. The summed E-state index contributed by atoms with van der Waals surface area (Å²) in [5, 5.41) is 24.8. The largest absolute Gasteiger partial charge is 0.508 e.